The zero-order chi connectivity index (χ0) is 18.3. The van der Waals surface area contributed by atoms with Gasteiger partial charge in [0.05, 0.1) is 17.3 Å². The minimum Gasteiger partial charge on any atom is -0.494 e. The van der Waals surface area contributed by atoms with Crippen molar-refractivity contribution in [3.63, 3.8) is 0 Å². The van der Waals surface area contributed by atoms with Gasteiger partial charge in [0.1, 0.15) is 5.82 Å². The van der Waals surface area contributed by atoms with Crippen LogP contribution in [0.25, 0.3) is 5.69 Å². The van der Waals surface area contributed by atoms with Crippen molar-refractivity contribution in [2.45, 2.75) is 12.5 Å². The highest BCUT2D eigenvalue weighted by Gasteiger charge is 2.28. The number of aromatic hydroxyl groups is 1. The Kier molecular flexibility index (Phi) is 4.18. The van der Waals surface area contributed by atoms with E-state index in [9.17, 15) is 14.3 Å². The maximum Gasteiger partial charge on any atom is 0.260 e. The van der Waals surface area contributed by atoms with Crippen molar-refractivity contribution < 1.29 is 9.50 Å². The number of nitrogens with one attached hydrogen (secondary N) is 2. The van der Waals surface area contributed by atoms with Gasteiger partial charge in [-0.2, -0.15) is 0 Å². The second kappa shape index (κ2) is 6.51. The zero-order valence-corrected chi connectivity index (χ0v) is 14.5. The largest absolute Gasteiger partial charge is 0.494 e. The Morgan fingerprint density at radius 3 is 2.69 bits per heavy atom. The molecule has 5 nitrogen and oxygen atoms in total. The molecule has 1 atom stereocenters. The van der Waals surface area contributed by atoms with Gasteiger partial charge in [-0.15, -0.1) is 0 Å². The fourth-order valence-electron chi connectivity index (χ4n) is 3.42. The quantitative estimate of drug-likeness (QED) is 0.608. The van der Waals surface area contributed by atoms with Gasteiger partial charge in [0.15, 0.2) is 4.77 Å². The van der Waals surface area contributed by atoms with Gasteiger partial charge >= 0.3 is 0 Å². The van der Waals surface area contributed by atoms with E-state index in [1.165, 1.54) is 12.1 Å². The number of fused-ring (bicyclic) bond motifs is 1. The summed E-state index contributed by atoms with van der Waals surface area (Å²) in [4.78, 5) is 15.2. The van der Waals surface area contributed by atoms with Crippen molar-refractivity contribution in [3.8, 4) is 11.6 Å². The summed E-state index contributed by atoms with van der Waals surface area (Å²) in [6.07, 6.45) is 0.831. The maximum atomic E-state index is 14.3. The predicted molar refractivity (Wildman–Crippen MR) is 98.8 cm³/mol. The van der Waals surface area contributed by atoms with Crippen LogP contribution in [0.5, 0.6) is 5.88 Å². The molecule has 1 aliphatic rings. The van der Waals surface area contributed by atoms with Crippen molar-refractivity contribution >= 4 is 12.2 Å². The van der Waals surface area contributed by atoms with Crippen LogP contribution >= 0.6 is 12.2 Å². The minimum atomic E-state index is -0.547. The van der Waals surface area contributed by atoms with Crippen LogP contribution in [0, 0.1) is 10.6 Å². The van der Waals surface area contributed by atoms with Gasteiger partial charge in [-0.3, -0.25) is 14.3 Å². The first-order valence-corrected chi connectivity index (χ1v) is 8.63. The first-order valence-electron chi connectivity index (χ1n) is 8.22. The molecule has 0 radical (unpaired) electrons. The first-order chi connectivity index (χ1) is 12.6. The fraction of sp³-hybridized carbons (Fsp3) is 0.158. The molecular formula is C19H16FN3O2S. The number of H-pyrrole nitrogens is 1. The van der Waals surface area contributed by atoms with Crippen molar-refractivity contribution in [3.05, 3.63) is 86.2 Å². The van der Waals surface area contributed by atoms with Gasteiger partial charge < -0.3 is 10.4 Å². The van der Waals surface area contributed by atoms with Crippen LogP contribution in [0.4, 0.5) is 4.39 Å². The molecule has 0 amide bonds. The minimum absolute atomic E-state index is 0.0644. The summed E-state index contributed by atoms with van der Waals surface area (Å²) >= 11 is 5.17. The van der Waals surface area contributed by atoms with Crippen LogP contribution in [-0.2, 0) is 6.42 Å². The molecule has 0 saturated heterocycles. The normalized spacial score (nSPS) is 16.3. The summed E-state index contributed by atoms with van der Waals surface area (Å²) in [5, 5.41) is 14.1. The van der Waals surface area contributed by atoms with Gasteiger partial charge in [-0.1, -0.05) is 36.4 Å². The van der Waals surface area contributed by atoms with Crippen molar-refractivity contribution in [2.24, 2.45) is 0 Å². The molecule has 26 heavy (non-hydrogen) atoms. The van der Waals surface area contributed by atoms with E-state index < -0.39 is 17.4 Å². The van der Waals surface area contributed by atoms with Crippen molar-refractivity contribution in [2.75, 3.05) is 6.54 Å². The molecule has 0 spiro atoms. The van der Waals surface area contributed by atoms with Crippen molar-refractivity contribution in [1.29, 1.82) is 0 Å². The Bertz CT molecular complexity index is 1110. The van der Waals surface area contributed by atoms with Gasteiger partial charge in [0.2, 0.25) is 5.88 Å². The van der Waals surface area contributed by atoms with E-state index in [0.717, 1.165) is 22.1 Å². The number of aromatic nitrogens is 2. The molecule has 0 fully saturated rings. The molecule has 7 heteroatoms. The molecule has 2 aromatic carbocycles. The Balaban J connectivity index is 1.98. The lowest BCUT2D eigenvalue weighted by Gasteiger charge is -2.27. The monoisotopic (exact) mass is 369 g/mol. The third-order valence-electron chi connectivity index (χ3n) is 4.61. The van der Waals surface area contributed by atoms with Crippen LogP contribution < -0.4 is 10.9 Å². The smallest absolute Gasteiger partial charge is 0.260 e. The molecule has 3 aromatic rings. The van der Waals surface area contributed by atoms with E-state index in [1.807, 2.05) is 24.3 Å². The van der Waals surface area contributed by atoms with Crippen LogP contribution in [0.2, 0.25) is 0 Å². The second-order valence-corrected chi connectivity index (χ2v) is 6.51. The van der Waals surface area contributed by atoms with Crippen molar-refractivity contribution in [1.82, 2.24) is 14.9 Å². The zero-order valence-electron chi connectivity index (χ0n) is 13.7. The Morgan fingerprint density at radius 1 is 1.15 bits per heavy atom. The van der Waals surface area contributed by atoms with Gasteiger partial charge in [-0.05, 0) is 41.9 Å². The average molecular weight is 369 g/mol. The van der Waals surface area contributed by atoms with Gasteiger partial charge in [0.25, 0.3) is 5.56 Å². The van der Waals surface area contributed by atoms with Crippen LogP contribution in [0.3, 0.4) is 0 Å². The number of hydrogen-bond donors (Lipinski definition) is 3. The number of nitrogens with zero attached hydrogens (tertiary/aromatic N) is 1. The van der Waals surface area contributed by atoms with E-state index >= 15 is 0 Å². The topological polar surface area (TPSA) is 70.0 Å². The third-order valence-corrected chi connectivity index (χ3v) is 4.90. The summed E-state index contributed by atoms with van der Waals surface area (Å²) in [5.74, 6) is -0.910. The lowest BCUT2D eigenvalue weighted by molar-refractivity contribution is 0.410. The van der Waals surface area contributed by atoms with E-state index in [-0.39, 0.29) is 21.9 Å². The standard InChI is InChI=1S/C19H16FN3O2S/c20-13-7-3-4-8-14(13)23-18(25)15(17(24)22-19(23)26)16-12-6-2-1-5-11(12)9-10-21-16/h1-8,16,21,25H,9-10H2,(H,22,24,26)/t16-/m1/s1. The van der Waals surface area contributed by atoms with E-state index in [1.54, 1.807) is 12.1 Å². The lowest BCUT2D eigenvalue weighted by atomic mass is 9.90. The highest BCUT2D eigenvalue weighted by Crippen LogP contribution is 2.32. The average Bonchev–Trinajstić information content (AvgIpc) is 2.63. The van der Waals surface area contributed by atoms with E-state index in [2.05, 4.69) is 10.3 Å². The second-order valence-electron chi connectivity index (χ2n) is 6.12. The number of para-hydroxylation sites is 1. The summed E-state index contributed by atoms with van der Waals surface area (Å²) in [6.45, 7) is 0.663. The fourth-order valence-corrected chi connectivity index (χ4v) is 3.69. The molecule has 0 aliphatic carbocycles. The number of aromatic amines is 1. The lowest BCUT2D eigenvalue weighted by Crippen LogP contribution is -2.35. The molecular weight excluding hydrogens is 353 g/mol. The third kappa shape index (κ3) is 2.65. The summed E-state index contributed by atoms with van der Waals surface area (Å²) in [7, 11) is 0. The SMILES string of the molecule is O=c1[nH]c(=S)n(-c2ccccc2F)c(O)c1[C@@H]1NCCc2ccccc21. The molecule has 132 valence electrons. The summed E-state index contributed by atoms with van der Waals surface area (Å²) in [6, 6.07) is 13.2. The van der Waals surface area contributed by atoms with E-state index in [0.29, 0.717) is 6.54 Å². The Hall–Kier alpha value is -2.77. The van der Waals surface area contributed by atoms with Crippen LogP contribution in [-0.4, -0.2) is 21.2 Å². The number of rotatable bonds is 2. The Morgan fingerprint density at radius 2 is 1.88 bits per heavy atom. The van der Waals surface area contributed by atoms with Crippen LogP contribution in [0.15, 0.2) is 53.3 Å². The molecule has 2 heterocycles. The highest BCUT2D eigenvalue weighted by atomic mass is 32.1. The molecule has 0 bridgehead atoms. The molecule has 3 N–H and O–H groups in total. The molecule has 0 unspecified atom stereocenters. The molecule has 0 saturated carbocycles. The maximum absolute atomic E-state index is 14.3. The number of halogens is 1. The van der Waals surface area contributed by atoms with E-state index in [4.69, 9.17) is 12.2 Å². The summed E-state index contributed by atoms with van der Waals surface area (Å²) < 4.78 is 15.4. The molecule has 1 aliphatic heterocycles. The predicted octanol–water partition coefficient (Wildman–Crippen LogP) is 2.97. The highest BCUT2D eigenvalue weighted by molar-refractivity contribution is 7.71. The number of benzene rings is 2. The number of hydrogen-bond acceptors (Lipinski definition) is 4. The Labute approximate surface area is 153 Å². The molecule has 1 aromatic heterocycles. The summed E-state index contributed by atoms with van der Waals surface area (Å²) in [5.41, 5.74) is 1.73. The van der Waals surface area contributed by atoms with Crippen LogP contribution in [0.1, 0.15) is 22.7 Å². The van der Waals surface area contributed by atoms with Gasteiger partial charge in [-0.25, -0.2) is 4.39 Å². The first kappa shape index (κ1) is 16.7. The molecule has 4 rings (SSSR count). The van der Waals surface area contributed by atoms with Gasteiger partial charge in [0, 0.05) is 6.54 Å².